The first kappa shape index (κ1) is 13.4. The number of nitrogens with zero attached hydrogens (tertiary/aromatic N) is 1. The van der Waals surface area contributed by atoms with Gasteiger partial charge in [0.2, 0.25) is 5.56 Å². The van der Waals surface area contributed by atoms with Gasteiger partial charge in [-0.1, -0.05) is 0 Å². The van der Waals surface area contributed by atoms with E-state index in [1.807, 2.05) is 13.8 Å². The molecule has 17 heavy (non-hydrogen) atoms. The van der Waals surface area contributed by atoms with Crippen molar-refractivity contribution < 1.29 is 4.79 Å². The van der Waals surface area contributed by atoms with Crippen molar-refractivity contribution in [1.29, 1.82) is 0 Å². The van der Waals surface area contributed by atoms with Crippen molar-refractivity contribution in [2.45, 2.75) is 26.3 Å². The first-order chi connectivity index (χ1) is 8.06. The number of carbonyl (C=O) groups excluding carboxylic acids is 1. The number of amides is 1. The molecule has 1 heterocycles. The first-order valence-corrected chi connectivity index (χ1v) is 5.76. The van der Waals surface area contributed by atoms with Gasteiger partial charge in [-0.25, -0.2) is 0 Å². The second-order valence-corrected chi connectivity index (χ2v) is 4.18. The predicted octanol–water partition coefficient (Wildman–Crippen LogP) is 0.574. The van der Waals surface area contributed by atoms with Crippen molar-refractivity contribution in [2.24, 2.45) is 5.73 Å². The molecule has 0 saturated heterocycles. The Kier molecular flexibility index (Phi) is 4.90. The molecule has 1 aromatic heterocycles. The van der Waals surface area contributed by atoms with E-state index in [0.717, 1.165) is 6.42 Å². The van der Waals surface area contributed by atoms with Crippen LogP contribution >= 0.6 is 0 Å². The highest BCUT2D eigenvalue weighted by Gasteiger charge is 2.17. The Morgan fingerprint density at radius 3 is 2.65 bits per heavy atom. The molecule has 1 aromatic rings. The van der Waals surface area contributed by atoms with Crippen molar-refractivity contribution >= 4 is 5.91 Å². The molecule has 0 spiro atoms. The van der Waals surface area contributed by atoms with E-state index in [4.69, 9.17) is 5.73 Å². The zero-order valence-corrected chi connectivity index (χ0v) is 10.3. The van der Waals surface area contributed by atoms with Crippen LogP contribution in [0.25, 0.3) is 0 Å². The average molecular weight is 237 g/mol. The number of H-pyrrole nitrogens is 1. The molecule has 0 aliphatic carbocycles. The quantitative estimate of drug-likeness (QED) is 0.786. The highest BCUT2D eigenvalue weighted by Crippen LogP contribution is 2.07. The number of nitrogens with two attached hydrogens (primary N) is 1. The van der Waals surface area contributed by atoms with E-state index >= 15 is 0 Å². The van der Waals surface area contributed by atoms with E-state index in [1.54, 1.807) is 11.0 Å². The summed E-state index contributed by atoms with van der Waals surface area (Å²) in [5.74, 6) is -0.0790. The van der Waals surface area contributed by atoms with Gasteiger partial charge in [0.05, 0.1) is 5.56 Å². The zero-order valence-electron chi connectivity index (χ0n) is 10.3. The van der Waals surface area contributed by atoms with E-state index in [-0.39, 0.29) is 17.5 Å². The molecule has 94 valence electrons. The van der Waals surface area contributed by atoms with Crippen LogP contribution in [-0.2, 0) is 0 Å². The molecule has 3 N–H and O–H groups in total. The fourth-order valence-electron chi connectivity index (χ4n) is 1.57. The summed E-state index contributed by atoms with van der Waals surface area (Å²) in [6, 6.07) is 3.01. The smallest absolute Gasteiger partial charge is 0.255 e. The number of aromatic amines is 1. The van der Waals surface area contributed by atoms with E-state index < -0.39 is 0 Å². The molecule has 0 aliphatic rings. The van der Waals surface area contributed by atoms with Crippen LogP contribution in [0.5, 0.6) is 0 Å². The number of hydrogen-bond acceptors (Lipinski definition) is 3. The molecule has 0 saturated carbocycles. The summed E-state index contributed by atoms with van der Waals surface area (Å²) < 4.78 is 0. The standard InChI is InChI=1S/C12H19N3O2/c1-9(2)15(7-3-6-13)12(17)10-4-5-11(16)14-8-10/h4-5,8-9H,3,6-7,13H2,1-2H3,(H,14,16). The van der Waals surface area contributed by atoms with Crippen molar-refractivity contribution in [3.63, 3.8) is 0 Å². The number of pyridine rings is 1. The lowest BCUT2D eigenvalue weighted by Gasteiger charge is -2.26. The van der Waals surface area contributed by atoms with E-state index in [9.17, 15) is 9.59 Å². The highest BCUT2D eigenvalue weighted by atomic mass is 16.2. The minimum absolute atomic E-state index is 0.0790. The summed E-state index contributed by atoms with van der Waals surface area (Å²) in [4.78, 5) is 27.3. The minimum Gasteiger partial charge on any atom is -0.336 e. The predicted molar refractivity (Wildman–Crippen MR) is 66.9 cm³/mol. The molecule has 0 bridgehead atoms. The Bertz CT molecular complexity index is 406. The molecule has 0 radical (unpaired) electrons. The summed E-state index contributed by atoms with van der Waals surface area (Å²) >= 11 is 0. The molecule has 5 nitrogen and oxygen atoms in total. The number of nitrogens with one attached hydrogen (secondary N) is 1. The second-order valence-electron chi connectivity index (χ2n) is 4.18. The average Bonchev–Trinajstić information content (AvgIpc) is 2.29. The van der Waals surface area contributed by atoms with Crippen LogP contribution in [0.2, 0.25) is 0 Å². The monoisotopic (exact) mass is 237 g/mol. The summed E-state index contributed by atoms with van der Waals surface area (Å²) in [5, 5.41) is 0. The van der Waals surface area contributed by atoms with Gasteiger partial charge in [-0.3, -0.25) is 9.59 Å². The van der Waals surface area contributed by atoms with E-state index in [0.29, 0.717) is 18.7 Å². The lowest BCUT2D eigenvalue weighted by atomic mass is 10.2. The van der Waals surface area contributed by atoms with Gasteiger partial charge < -0.3 is 15.6 Å². The lowest BCUT2D eigenvalue weighted by molar-refractivity contribution is 0.0704. The van der Waals surface area contributed by atoms with Gasteiger partial charge in [0.25, 0.3) is 5.91 Å². The van der Waals surface area contributed by atoms with Gasteiger partial charge in [-0.05, 0) is 32.9 Å². The normalized spacial score (nSPS) is 10.6. The van der Waals surface area contributed by atoms with Crippen molar-refractivity contribution in [3.05, 3.63) is 34.2 Å². The van der Waals surface area contributed by atoms with Crippen LogP contribution in [0.4, 0.5) is 0 Å². The third-order valence-electron chi connectivity index (χ3n) is 2.52. The summed E-state index contributed by atoms with van der Waals surface area (Å²) in [5.41, 5.74) is 5.74. The molecule has 1 amide bonds. The lowest BCUT2D eigenvalue weighted by Crippen LogP contribution is -2.38. The third-order valence-corrected chi connectivity index (χ3v) is 2.52. The maximum Gasteiger partial charge on any atom is 0.255 e. The van der Waals surface area contributed by atoms with Crippen LogP contribution in [0, 0.1) is 0 Å². The molecule has 0 atom stereocenters. The minimum atomic E-state index is -0.209. The van der Waals surface area contributed by atoms with Gasteiger partial charge in [0.15, 0.2) is 0 Å². The van der Waals surface area contributed by atoms with E-state index in [1.165, 1.54) is 12.3 Å². The molecular weight excluding hydrogens is 218 g/mol. The number of carbonyl (C=O) groups is 1. The molecule has 0 aromatic carbocycles. The fraction of sp³-hybridized carbons (Fsp3) is 0.500. The fourth-order valence-corrected chi connectivity index (χ4v) is 1.57. The molecule has 0 unspecified atom stereocenters. The van der Waals surface area contributed by atoms with Gasteiger partial charge in [0, 0.05) is 24.8 Å². The maximum atomic E-state index is 12.2. The molecule has 0 aliphatic heterocycles. The second kappa shape index (κ2) is 6.20. The Hall–Kier alpha value is -1.62. The van der Waals surface area contributed by atoms with Gasteiger partial charge in [-0.15, -0.1) is 0 Å². The molecular formula is C12H19N3O2. The maximum absolute atomic E-state index is 12.2. The van der Waals surface area contributed by atoms with Crippen LogP contribution in [0.15, 0.2) is 23.1 Å². The van der Waals surface area contributed by atoms with Crippen LogP contribution < -0.4 is 11.3 Å². The van der Waals surface area contributed by atoms with Crippen molar-refractivity contribution in [2.75, 3.05) is 13.1 Å². The zero-order chi connectivity index (χ0) is 12.8. The summed E-state index contributed by atoms with van der Waals surface area (Å²) in [7, 11) is 0. The largest absolute Gasteiger partial charge is 0.336 e. The van der Waals surface area contributed by atoms with Crippen molar-refractivity contribution in [3.8, 4) is 0 Å². The Morgan fingerprint density at radius 2 is 2.18 bits per heavy atom. The van der Waals surface area contributed by atoms with Gasteiger partial charge in [0.1, 0.15) is 0 Å². The summed E-state index contributed by atoms with van der Waals surface area (Å²) in [6.45, 7) is 5.11. The Morgan fingerprint density at radius 1 is 1.47 bits per heavy atom. The van der Waals surface area contributed by atoms with Crippen LogP contribution in [0.3, 0.4) is 0 Å². The number of rotatable bonds is 5. The molecule has 0 fully saturated rings. The highest BCUT2D eigenvalue weighted by molar-refractivity contribution is 5.94. The first-order valence-electron chi connectivity index (χ1n) is 5.76. The van der Waals surface area contributed by atoms with Crippen LogP contribution in [0.1, 0.15) is 30.6 Å². The van der Waals surface area contributed by atoms with Crippen molar-refractivity contribution in [1.82, 2.24) is 9.88 Å². The van der Waals surface area contributed by atoms with Gasteiger partial charge in [-0.2, -0.15) is 0 Å². The summed E-state index contributed by atoms with van der Waals surface area (Å²) in [6.07, 6.45) is 2.22. The molecule has 5 heteroatoms. The molecule has 1 rings (SSSR count). The third kappa shape index (κ3) is 3.71. The Labute approximate surface area is 101 Å². The topological polar surface area (TPSA) is 79.2 Å². The van der Waals surface area contributed by atoms with Gasteiger partial charge >= 0.3 is 0 Å². The van der Waals surface area contributed by atoms with E-state index in [2.05, 4.69) is 4.98 Å². The van der Waals surface area contributed by atoms with Crippen LogP contribution in [-0.4, -0.2) is 34.9 Å². The SMILES string of the molecule is CC(C)N(CCCN)C(=O)c1ccc(=O)[nH]c1. The number of hydrogen-bond donors (Lipinski definition) is 2. The Balaban J connectivity index is 2.83. The number of aromatic nitrogens is 1.